The molecule has 34 heavy (non-hydrogen) atoms. The van der Waals surface area contributed by atoms with Crippen molar-refractivity contribution in [2.75, 3.05) is 5.73 Å². The molecule has 1 atom stereocenters. The molecule has 5 aromatic rings. The number of H-pyrrole nitrogens is 1. The zero-order valence-electron chi connectivity index (χ0n) is 17.9. The Morgan fingerprint density at radius 3 is 2.71 bits per heavy atom. The predicted octanol–water partition coefficient (Wildman–Crippen LogP) is 3.65. The first-order valence-corrected chi connectivity index (χ1v) is 11.1. The maximum atomic E-state index is 13.3. The Balaban J connectivity index is 1.39. The first-order chi connectivity index (χ1) is 16.6. The quantitative estimate of drug-likeness (QED) is 0.387. The molecule has 9 nitrogen and oxygen atoms in total. The molecule has 6 rings (SSSR count). The van der Waals surface area contributed by atoms with Crippen molar-refractivity contribution in [2.24, 2.45) is 0 Å². The van der Waals surface area contributed by atoms with Gasteiger partial charge in [-0.2, -0.15) is 4.68 Å². The summed E-state index contributed by atoms with van der Waals surface area (Å²) in [4.78, 5) is 21.3. The number of hydrogen-bond acceptors (Lipinski definition) is 6. The van der Waals surface area contributed by atoms with Crippen LogP contribution in [0.5, 0.6) is 0 Å². The Hall–Kier alpha value is -4.24. The largest absolute Gasteiger partial charge is 0.399 e. The monoisotopic (exact) mass is 470 g/mol. The summed E-state index contributed by atoms with van der Waals surface area (Å²) in [5.74, 6) is 0.762. The molecule has 0 spiro atoms. The van der Waals surface area contributed by atoms with Gasteiger partial charge in [-0.05, 0) is 70.8 Å². The Labute approximate surface area is 198 Å². The van der Waals surface area contributed by atoms with Gasteiger partial charge >= 0.3 is 0 Å². The van der Waals surface area contributed by atoms with Crippen LogP contribution < -0.4 is 11.3 Å². The van der Waals surface area contributed by atoms with Crippen molar-refractivity contribution in [1.29, 1.82) is 0 Å². The van der Waals surface area contributed by atoms with Crippen LogP contribution in [0, 0.1) is 0 Å². The Morgan fingerprint density at radius 1 is 1.06 bits per heavy atom. The van der Waals surface area contributed by atoms with Crippen LogP contribution in [-0.4, -0.2) is 34.7 Å². The predicted molar refractivity (Wildman–Crippen MR) is 129 cm³/mol. The van der Waals surface area contributed by atoms with Gasteiger partial charge in [0.2, 0.25) is 0 Å². The first-order valence-electron chi connectivity index (χ1n) is 10.8. The van der Waals surface area contributed by atoms with E-state index in [1.165, 1.54) is 6.33 Å². The Kier molecular flexibility index (Phi) is 4.77. The van der Waals surface area contributed by atoms with Crippen molar-refractivity contribution < 1.29 is 0 Å². The fourth-order valence-corrected chi connectivity index (χ4v) is 4.71. The molecule has 0 fully saturated rings. The number of hydrogen-bond donors (Lipinski definition) is 2. The summed E-state index contributed by atoms with van der Waals surface area (Å²) in [5.41, 5.74) is 11.5. The second-order valence-corrected chi connectivity index (χ2v) is 8.65. The number of nitrogens with two attached hydrogens (primary N) is 1. The van der Waals surface area contributed by atoms with E-state index in [-0.39, 0.29) is 11.6 Å². The number of benzene rings is 2. The van der Waals surface area contributed by atoms with Gasteiger partial charge in [0.15, 0.2) is 0 Å². The molecule has 168 valence electrons. The van der Waals surface area contributed by atoms with Crippen LogP contribution in [0.1, 0.15) is 24.0 Å². The molecule has 1 unspecified atom stereocenters. The zero-order valence-corrected chi connectivity index (χ0v) is 18.6. The van der Waals surface area contributed by atoms with Gasteiger partial charge in [-0.25, -0.2) is 4.98 Å². The number of anilines is 1. The molecule has 0 saturated carbocycles. The summed E-state index contributed by atoms with van der Waals surface area (Å²) in [5, 5.41) is 12.0. The third-order valence-corrected chi connectivity index (χ3v) is 6.37. The number of imidazole rings is 1. The molecule has 0 aliphatic carbocycles. The summed E-state index contributed by atoms with van der Waals surface area (Å²) in [7, 11) is 0. The van der Waals surface area contributed by atoms with Gasteiger partial charge in [-0.3, -0.25) is 4.79 Å². The topological polar surface area (TPSA) is 120 Å². The molecule has 3 N–H and O–H groups in total. The SMILES string of the molecule is Nc1ccc(-c2cnc(C3CCc4cc(-c5cc(Cl)ccc5-n5cnnn5)cc(=O)n43)[nH]2)cc1. The molecule has 3 aromatic heterocycles. The molecule has 0 radical (unpaired) electrons. The van der Waals surface area contributed by atoms with E-state index in [0.717, 1.165) is 52.4 Å². The van der Waals surface area contributed by atoms with E-state index in [1.807, 2.05) is 47.0 Å². The molecule has 10 heteroatoms. The third-order valence-electron chi connectivity index (χ3n) is 6.13. The van der Waals surface area contributed by atoms with Crippen LogP contribution >= 0.6 is 11.6 Å². The summed E-state index contributed by atoms with van der Waals surface area (Å²) in [6.45, 7) is 0. The molecule has 0 amide bonds. The van der Waals surface area contributed by atoms with Crippen LogP contribution in [0.2, 0.25) is 5.02 Å². The normalized spacial score (nSPS) is 14.9. The van der Waals surface area contributed by atoms with Crippen molar-refractivity contribution in [2.45, 2.75) is 18.9 Å². The molecule has 0 bridgehead atoms. The number of fused-ring (bicyclic) bond motifs is 1. The first kappa shape index (κ1) is 20.4. The molecule has 2 aromatic carbocycles. The van der Waals surface area contributed by atoms with Gasteiger partial charge in [0, 0.05) is 28.0 Å². The Bertz CT molecular complexity index is 1550. The molecular weight excluding hydrogens is 452 g/mol. The maximum Gasteiger partial charge on any atom is 0.252 e. The molecular formula is C24H19ClN8O. The van der Waals surface area contributed by atoms with Crippen LogP contribution in [0.4, 0.5) is 5.69 Å². The maximum absolute atomic E-state index is 13.3. The van der Waals surface area contributed by atoms with E-state index < -0.39 is 0 Å². The average Bonchev–Trinajstić information content (AvgIpc) is 3.60. The van der Waals surface area contributed by atoms with Crippen molar-refractivity contribution >= 4 is 17.3 Å². The minimum Gasteiger partial charge on any atom is -0.399 e. The number of halogens is 1. The Morgan fingerprint density at radius 2 is 1.91 bits per heavy atom. The second-order valence-electron chi connectivity index (χ2n) is 8.22. The molecule has 1 aliphatic heterocycles. The third kappa shape index (κ3) is 3.46. The van der Waals surface area contributed by atoms with Crippen LogP contribution in [0.15, 0.2) is 71.9 Å². The minimum absolute atomic E-state index is 0.0944. The van der Waals surface area contributed by atoms with Crippen molar-refractivity contribution in [3.63, 3.8) is 0 Å². The highest BCUT2D eigenvalue weighted by molar-refractivity contribution is 6.31. The van der Waals surface area contributed by atoms with Gasteiger partial charge in [0.25, 0.3) is 5.56 Å². The van der Waals surface area contributed by atoms with Crippen LogP contribution in [0.3, 0.4) is 0 Å². The summed E-state index contributed by atoms with van der Waals surface area (Å²) >= 11 is 6.29. The van der Waals surface area contributed by atoms with Crippen LogP contribution in [0.25, 0.3) is 28.1 Å². The number of tetrazole rings is 1. The highest BCUT2D eigenvalue weighted by Gasteiger charge is 2.28. The van der Waals surface area contributed by atoms with E-state index in [1.54, 1.807) is 23.0 Å². The van der Waals surface area contributed by atoms with Gasteiger partial charge in [-0.1, -0.05) is 23.7 Å². The van der Waals surface area contributed by atoms with E-state index in [2.05, 4.69) is 25.5 Å². The highest BCUT2D eigenvalue weighted by atomic mass is 35.5. The standard InChI is InChI=1S/C24H19ClN8O/c25-16-3-7-21(32-13-28-30-31-32)19(11-16)15-9-18-6-8-22(33(18)23(34)10-15)24-27-12-20(29-24)14-1-4-17(26)5-2-14/h1-5,7,9-13,22H,6,8,26H2,(H,27,29). The van der Waals surface area contributed by atoms with E-state index in [4.69, 9.17) is 17.3 Å². The molecule has 1 aliphatic rings. The summed E-state index contributed by atoms with van der Waals surface area (Å²) in [6.07, 6.45) is 4.84. The average molecular weight is 471 g/mol. The number of nitrogen functional groups attached to an aromatic ring is 1. The van der Waals surface area contributed by atoms with Crippen molar-refractivity contribution in [3.8, 4) is 28.1 Å². The minimum atomic E-state index is -0.155. The van der Waals surface area contributed by atoms with E-state index in [0.29, 0.717) is 10.7 Å². The van der Waals surface area contributed by atoms with E-state index >= 15 is 0 Å². The van der Waals surface area contributed by atoms with Gasteiger partial charge in [0.1, 0.15) is 12.2 Å². The van der Waals surface area contributed by atoms with Gasteiger partial charge in [0.05, 0.1) is 23.6 Å². The fourth-order valence-electron chi connectivity index (χ4n) is 4.54. The summed E-state index contributed by atoms with van der Waals surface area (Å²) < 4.78 is 3.37. The second kappa shape index (κ2) is 7.96. The molecule has 0 saturated heterocycles. The number of nitrogens with zero attached hydrogens (tertiary/aromatic N) is 6. The van der Waals surface area contributed by atoms with E-state index in [9.17, 15) is 4.79 Å². The summed E-state index contributed by atoms with van der Waals surface area (Å²) in [6, 6.07) is 16.5. The lowest BCUT2D eigenvalue weighted by Crippen LogP contribution is -2.23. The lowest BCUT2D eigenvalue weighted by atomic mass is 10.0. The van der Waals surface area contributed by atoms with Crippen molar-refractivity contribution in [1.82, 2.24) is 34.7 Å². The van der Waals surface area contributed by atoms with Gasteiger partial charge < -0.3 is 15.3 Å². The number of pyridine rings is 1. The number of aromatic nitrogens is 7. The highest BCUT2D eigenvalue weighted by Crippen LogP contribution is 2.34. The number of aryl methyl sites for hydroxylation is 1. The number of aromatic amines is 1. The fraction of sp³-hybridized carbons (Fsp3) is 0.125. The van der Waals surface area contributed by atoms with Crippen molar-refractivity contribution in [3.05, 3.63) is 94.0 Å². The lowest BCUT2D eigenvalue weighted by molar-refractivity contribution is 0.572. The van der Waals surface area contributed by atoms with Gasteiger partial charge in [-0.15, -0.1) is 5.10 Å². The lowest BCUT2D eigenvalue weighted by Gasteiger charge is -2.15. The smallest absolute Gasteiger partial charge is 0.252 e. The zero-order chi connectivity index (χ0) is 23.2. The molecule has 4 heterocycles. The number of nitrogens with one attached hydrogen (secondary N) is 1. The number of rotatable bonds is 4. The van der Waals surface area contributed by atoms with Crippen LogP contribution in [-0.2, 0) is 6.42 Å².